The average molecular weight is 187 g/mol. The third-order valence-electron chi connectivity index (χ3n) is 1.97. The summed E-state index contributed by atoms with van der Waals surface area (Å²) in [6.45, 7) is 3.81. The molecule has 6 nitrogen and oxygen atoms in total. The largest absolute Gasteiger partial charge is 0.569 e. The molecular formula is C7H13N3O3. The molecule has 0 aliphatic carbocycles. The second-order valence-electron chi connectivity index (χ2n) is 2.75. The van der Waals surface area contributed by atoms with Gasteiger partial charge in [-0.1, -0.05) is 6.58 Å². The lowest BCUT2D eigenvalue weighted by atomic mass is 10.2. The maximum Gasteiger partial charge on any atom is 0.238 e. The fourth-order valence-corrected chi connectivity index (χ4v) is 1.35. The lowest BCUT2D eigenvalue weighted by molar-refractivity contribution is -0.713. The van der Waals surface area contributed by atoms with Crippen LogP contribution in [0.5, 0.6) is 0 Å². The topological polar surface area (TPSA) is 71.1 Å². The first-order valence-corrected chi connectivity index (χ1v) is 4.12. The van der Waals surface area contributed by atoms with E-state index in [0.717, 1.165) is 19.1 Å². The molecular weight excluding hydrogens is 174 g/mol. The minimum Gasteiger partial charge on any atom is -0.569 e. The van der Waals surface area contributed by atoms with Crippen molar-refractivity contribution in [1.82, 2.24) is 5.01 Å². The zero-order chi connectivity index (χ0) is 9.68. The third kappa shape index (κ3) is 2.32. The van der Waals surface area contributed by atoms with Crippen molar-refractivity contribution in [2.75, 3.05) is 13.2 Å². The lowest BCUT2D eigenvalue weighted by Gasteiger charge is -2.17. The van der Waals surface area contributed by atoms with Crippen molar-refractivity contribution in [3.8, 4) is 0 Å². The molecule has 1 rings (SSSR count). The molecule has 0 aromatic carbocycles. The van der Waals surface area contributed by atoms with Crippen LogP contribution < -0.4 is 0 Å². The molecule has 0 spiro atoms. The average Bonchev–Trinajstić information content (AvgIpc) is 2.61. The molecule has 0 bridgehead atoms. The van der Waals surface area contributed by atoms with Crippen molar-refractivity contribution >= 4 is 0 Å². The summed E-state index contributed by atoms with van der Waals surface area (Å²) in [5.41, 5.74) is 0. The van der Waals surface area contributed by atoms with Crippen LogP contribution in [0.2, 0.25) is 0 Å². The number of aliphatic hydroxyl groups excluding tert-OH is 1. The molecule has 0 aromatic heterocycles. The zero-order valence-electron chi connectivity index (χ0n) is 7.30. The van der Waals surface area contributed by atoms with Crippen LogP contribution in [0.15, 0.2) is 18.1 Å². The molecule has 1 aliphatic heterocycles. The Morgan fingerprint density at radius 3 is 3.23 bits per heavy atom. The van der Waals surface area contributed by atoms with E-state index in [0.29, 0.717) is 11.5 Å². The van der Waals surface area contributed by atoms with Crippen molar-refractivity contribution in [3.05, 3.63) is 18.0 Å². The molecule has 1 fully saturated rings. The Labute approximate surface area is 76.2 Å². The van der Waals surface area contributed by atoms with Crippen LogP contribution in [0, 0.1) is 5.21 Å². The summed E-state index contributed by atoms with van der Waals surface area (Å²) in [5.74, 6) is 0. The third-order valence-corrected chi connectivity index (χ3v) is 1.97. The highest BCUT2D eigenvalue weighted by Gasteiger charge is 2.30. The molecule has 1 saturated heterocycles. The van der Waals surface area contributed by atoms with Crippen LogP contribution in [0.4, 0.5) is 0 Å². The highest BCUT2D eigenvalue weighted by molar-refractivity contribution is 4.71. The summed E-state index contributed by atoms with van der Waals surface area (Å²) in [4.78, 5) is 4.74. The second kappa shape index (κ2) is 4.66. The Hall–Kier alpha value is -1.30. The molecule has 1 atom stereocenters. The quantitative estimate of drug-likeness (QED) is 0.299. The van der Waals surface area contributed by atoms with Gasteiger partial charge in [0, 0.05) is 0 Å². The molecule has 13 heavy (non-hydrogen) atoms. The molecule has 6 heteroatoms. The SMILES string of the molecule is C=CO/N=[N+](\[O-])N1CCC[C@H]1CO. The number of hydrogen-bond acceptors (Lipinski definition) is 4. The minimum atomic E-state index is -0.144. The zero-order valence-corrected chi connectivity index (χ0v) is 7.30. The van der Waals surface area contributed by atoms with E-state index >= 15 is 0 Å². The molecule has 0 saturated carbocycles. The molecule has 1 heterocycles. The van der Waals surface area contributed by atoms with Crippen molar-refractivity contribution in [2.45, 2.75) is 18.9 Å². The molecule has 1 aliphatic rings. The predicted molar refractivity (Wildman–Crippen MR) is 44.2 cm³/mol. The van der Waals surface area contributed by atoms with E-state index in [9.17, 15) is 5.21 Å². The van der Waals surface area contributed by atoms with Gasteiger partial charge in [0.15, 0.2) is 0 Å². The molecule has 0 aromatic rings. The normalized spacial score (nSPS) is 23.3. The van der Waals surface area contributed by atoms with Crippen molar-refractivity contribution in [2.24, 2.45) is 5.28 Å². The maximum atomic E-state index is 11.2. The molecule has 1 N–H and O–H groups in total. The Morgan fingerprint density at radius 1 is 1.85 bits per heavy atom. The van der Waals surface area contributed by atoms with E-state index in [1.165, 1.54) is 5.01 Å². The molecule has 0 radical (unpaired) electrons. The van der Waals surface area contributed by atoms with Crippen molar-refractivity contribution in [1.29, 1.82) is 0 Å². The predicted octanol–water partition coefficient (Wildman–Crippen LogP) is 0.396. The second-order valence-corrected chi connectivity index (χ2v) is 2.75. The fourth-order valence-electron chi connectivity index (χ4n) is 1.35. The van der Waals surface area contributed by atoms with Gasteiger partial charge >= 0.3 is 0 Å². The maximum absolute atomic E-state index is 11.2. The van der Waals surface area contributed by atoms with E-state index in [-0.39, 0.29) is 12.6 Å². The van der Waals surface area contributed by atoms with Gasteiger partial charge < -0.3 is 15.2 Å². The van der Waals surface area contributed by atoms with E-state index < -0.39 is 0 Å². The van der Waals surface area contributed by atoms with Crippen LogP contribution in [0.3, 0.4) is 0 Å². The number of hydrazine groups is 1. The van der Waals surface area contributed by atoms with E-state index in [2.05, 4.69) is 16.7 Å². The van der Waals surface area contributed by atoms with Gasteiger partial charge in [0.2, 0.25) is 5.28 Å². The Morgan fingerprint density at radius 2 is 2.62 bits per heavy atom. The van der Waals surface area contributed by atoms with Crippen LogP contribution in [0.25, 0.3) is 0 Å². The van der Waals surface area contributed by atoms with Gasteiger partial charge in [-0.2, -0.15) is 0 Å². The first-order chi connectivity index (χ1) is 6.29. The van der Waals surface area contributed by atoms with Gasteiger partial charge in [-0.25, -0.2) is 0 Å². The van der Waals surface area contributed by atoms with Gasteiger partial charge in [0.25, 0.3) is 0 Å². The van der Waals surface area contributed by atoms with Crippen LogP contribution in [-0.2, 0) is 4.84 Å². The first kappa shape index (κ1) is 9.79. The Kier molecular flexibility index (Phi) is 3.51. The summed E-state index contributed by atoms with van der Waals surface area (Å²) in [6.07, 6.45) is 2.75. The van der Waals surface area contributed by atoms with Gasteiger partial charge in [-0.15, -0.1) is 5.01 Å². The lowest BCUT2D eigenvalue weighted by Crippen LogP contribution is -2.37. The highest BCUT2D eigenvalue weighted by atomic mass is 16.7. The van der Waals surface area contributed by atoms with Crippen LogP contribution in [-0.4, -0.2) is 34.3 Å². The summed E-state index contributed by atoms with van der Waals surface area (Å²) >= 11 is 0. The monoisotopic (exact) mass is 187 g/mol. The van der Waals surface area contributed by atoms with Gasteiger partial charge in [0.05, 0.1) is 18.1 Å². The highest BCUT2D eigenvalue weighted by Crippen LogP contribution is 2.16. The van der Waals surface area contributed by atoms with E-state index in [1.807, 2.05) is 0 Å². The van der Waals surface area contributed by atoms with Gasteiger partial charge in [-0.3, -0.25) is 0 Å². The van der Waals surface area contributed by atoms with E-state index in [1.54, 1.807) is 0 Å². The minimum absolute atomic E-state index is 0.0393. The molecule has 74 valence electrons. The summed E-state index contributed by atoms with van der Waals surface area (Å²) in [7, 11) is 0. The smallest absolute Gasteiger partial charge is 0.238 e. The van der Waals surface area contributed by atoms with E-state index in [4.69, 9.17) is 5.11 Å². The van der Waals surface area contributed by atoms with Crippen LogP contribution in [0.1, 0.15) is 12.8 Å². The number of rotatable bonds is 4. The standard InChI is InChI=1S/C7H13N3O3/c1-2-13-8-10(12)9-5-3-4-7(9)6-11/h2,7,11H,1,3-6H2/b10-8-/t7-/m0/s1. The number of aliphatic hydroxyl groups is 1. The first-order valence-electron chi connectivity index (χ1n) is 4.12. The number of hydrogen-bond donors (Lipinski definition) is 1. The summed E-state index contributed by atoms with van der Waals surface area (Å²) in [6, 6.07) is -0.144. The Balaban J connectivity index is 2.53. The van der Waals surface area contributed by atoms with Gasteiger partial charge in [0.1, 0.15) is 12.3 Å². The summed E-state index contributed by atoms with van der Waals surface area (Å²) < 4.78 is 0. The van der Waals surface area contributed by atoms with Crippen molar-refractivity contribution in [3.63, 3.8) is 0 Å². The molecule has 0 unspecified atom stereocenters. The van der Waals surface area contributed by atoms with Crippen LogP contribution >= 0.6 is 0 Å². The fraction of sp³-hybridized carbons (Fsp3) is 0.714. The number of nitrogens with zero attached hydrogens (tertiary/aromatic N) is 3. The van der Waals surface area contributed by atoms with Crippen molar-refractivity contribution < 1.29 is 14.9 Å². The summed E-state index contributed by atoms with van der Waals surface area (Å²) in [5, 5.41) is 24.7. The van der Waals surface area contributed by atoms with Gasteiger partial charge in [-0.05, 0) is 12.8 Å². The Bertz CT molecular complexity index is 207. The molecule has 0 amide bonds.